The van der Waals surface area contributed by atoms with Crippen molar-refractivity contribution in [2.45, 2.75) is 58.2 Å². The molecule has 0 radical (unpaired) electrons. The summed E-state index contributed by atoms with van der Waals surface area (Å²) in [7, 11) is 0. The summed E-state index contributed by atoms with van der Waals surface area (Å²) in [5, 5.41) is 4.53. The number of nitrogens with one attached hydrogen (secondary N) is 1. The fourth-order valence-corrected chi connectivity index (χ4v) is 3.07. The van der Waals surface area contributed by atoms with Crippen LogP contribution in [-0.2, 0) is 6.54 Å². The maximum absolute atomic E-state index is 6.54. The quantitative estimate of drug-likeness (QED) is 0.809. The van der Waals surface area contributed by atoms with Gasteiger partial charge in [0.1, 0.15) is 0 Å². The Bertz CT molecular complexity index is 464. The van der Waals surface area contributed by atoms with Crippen LogP contribution in [0.2, 0.25) is 5.02 Å². The van der Waals surface area contributed by atoms with Crippen molar-refractivity contribution in [3.05, 3.63) is 28.8 Å². The average molecular weight is 293 g/mol. The lowest BCUT2D eigenvalue weighted by atomic mass is 10.1. The van der Waals surface area contributed by atoms with Crippen LogP contribution in [0.5, 0.6) is 0 Å². The first-order valence-corrected chi connectivity index (χ1v) is 8.30. The molecule has 2 nitrogen and oxygen atoms in total. The summed E-state index contributed by atoms with van der Waals surface area (Å²) in [5.41, 5.74) is 2.63. The summed E-state index contributed by atoms with van der Waals surface area (Å²) in [4.78, 5) is 2.55. The predicted octanol–water partition coefficient (Wildman–Crippen LogP) is 4.22. The van der Waals surface area contributed by atoms with E-state index >= 15 is 0 Å². The molecule has 2 saturated carbocycles. The van der Waals surface area contributed by atoms with E-state index in [1.807, 2.05) is 6.07 Å². The molecule has 1 aromatic rings. The topological polar surface area (TPSA) is 15.3 Å². The first-order chi connectivity index (χ1) is 9.65. The van der Waals surface area contributed by atoms with Gasteiger partial charge in [-0.25, -0.2) is 0 Å². The van der Waals surface area contributed by atoms with Crippen LogP contribution < -0.4 is 10.2 Å². The van der Waals surface area contributed by atoms with E-state index in [0.29, 0.717) is 12.0 Å². The van der Waals surface area contributed by atoms with Crippen molar-refractivity contribution in [2.24, 2.45) is 5.92 Å². The van der Waals surface area contributed by atoms with E-state index in [0.717, 1.165) is 24.2 Å². The summed E-state index contributed by atoms with van der Waals surface area (Å²) in [5.74, 6) is 0.663. The van der Waals surface area contributed by atoms with E-state index in [-0.39, 0.29) is 0 Å². The zero-order chi connectivity index (χ0) is 14.1. The summed E-state index contributed by atoms with van der Waals surface area (Å²) < 4.78 is 0. The summed E-state index contributed by atoms with van der Waals surface area (Å²) in [6.07, 6.45) is 5.28. The Labute approximate surface area is 127 Å². The van der Waals surface area contributed by atoms with Gasteiger partial charge in [-0.2, -0.15) is 0 Å². The van der Waals surface area contributed by atoms with E-state index in [2.05, 4.69) is 36.2 Å². The van der Waals surface area contributed by atoms with Crippen molar-refractivity contribution in [1.29, 1.82) is 0 Å². The minimum Gasteiger partial charge on any atom is -0.367 e. The Balaban J connectivity index is 1.83. The molecular weight excluding hydrogens is 268 g/mol. The van der Waals surface area contributed by atoms with Gasteiger partial charge in [-0.1, -0.05) is 37.6 Å². The van der Waals surface area contributed by atoms with Gasteiger partial charge in [0.2, 0.25) is 0 Å². The Hall–Kier alpha value is -0.730. The molecule has 20 heavy (non-hydrogen) atoms. The third kappa shape index (κ3) is 3.48. The van der Waals surface area contributed by atoms with E-state index in [1.54, 1.807) is 0 Å². The van der Waals surface area contributed by atoms with Gasteiger partial charge in [0.25, 0.3) is 0 Å². The van der Waals surface area contributed by atoms with Gasteiger partial charge in [0, 0.05) is 25.2 Å². The highest BCUT2D eigenvalue weighted by molar-refractivity contribution is 6.33. The SMILES string of the molecule is CC(C)CN(c1c(Cl)cccc1CNC1CC1)C1CC1. The summed E-state index contributed by atoms with van der Waals surface area (Å²) in [6.45, 7) is 6.62. The first-order valence-electron chi connectivity index (χ1n) is 7.92. The minimum absolute atomic E-state index is 0.663. The average Bonchev–Trinajstić information content (AvgIpc) is 3.27. The number of hydrogen-bond donors (Lipinski definition) is 1. The summed E-state index contributed by atoms with van der Waals surface area (Å²) >= 11 is 6.54. The van der Waals surface area contributed by atoms with Crippen molar-refractivity contribution < 1.29 is 0 Å². The van der Waals surface area contributed by atoms with Crippen molar-refractivity contribution >= 4 is 17.3 Å². The molecule has 0 atom stereocenters. The van der Waals surface area contributed by atoms with E-state index in [1.165, 1.54) is 36.9 Å². The molecule has 0 saturated heterocycles. The number of para-hydroxylation sites is 1. The Morgan fingerprint density at radius 2 is 2.00 bits per heavy atom. The normalized spacial score (nSPS) is 18.6. The van der Waals surface area contributed by atoms with Crippen LogP contribution >= 0.6 is 11.6 Å². The zero-order valence-electron chi connectivity index (χ0n) is 12.5. The van der Waals surface area contributed by atoms with Crippen LogP contribution in [0, 0.1) is 5.92 Å². The van der Waals surface area contributed by atoms with Gasteiger partial charge in [0.05, 0.1) is 10.7 Å². The van der Waals surface area contributed by atoms with Crippen LogP contribution in [0.1, 0.15) is 45.1 Å². The summed E-state index contributed by atoms with van der Waals surface area (Å²) in [6, 6.07) is 7.79. The zero-order valence-corrected chi connectivity index (χ0v) is 13.3. The second kappa shape index (κ2) is 5.95. The highest BCUT2D eigenvalue weighted by atomic mass is 35.5. The maximum Gasteiger partial charge on any atom is 0.0643 e. The predicted molar refractivity (Wildman–Crippen MR) is 86.5 cm³/mol. The molecule has 1 N–H and O–H groups in total. The van der Waals surface area contributed by atoms with Gasteiger partial charge in [-0.3, -0.25) is 0 Å². The lowest BCUT2D eigenvalue weighted by Crippen LogP contribution is -2.31. The van der Waals surface area contributed by atoms with Crippen LogP contribution in [0.15, 0.2) is 18.2 Å². The number of rotatable bonds is 7. The number of benzene rings is 1. The van der Waals surface area contributed by atoms with Crippen molar-refractivity contribution in [3.8, 4) is 0 Å². The molecule has 0 spiro atoms. The van der Waals surface area contributed by atoms with Crippen LogP contribution in [-0.4, -0.2) is 18.6 Å². The largest absolute Gasteiger partial charge is 0.367 e. The lowest BCUT2D eigenvalue weighted by molar-refractivity contribution is 0.602. The first kappa shape index (κ1) is 14.2. The monoisotopic (exact) mass is 292 g/mol. The molecule has 110 valence electrons. The molecule has 3 rings (SSSR count). The van der Waals surface area contributed by atoms with Crippen molar-refractivity contribution in [1.82, 2.24) is 5.32 Å². The fraction of sp³-hybridized carbons (Fsp3) is 0.647. The Kier molecular flexibility index (Phi) is 4.23. The molecule has 0 aromatic heterocycles. The number of nitrogens with zero attached hydrogens (tertiary/aromatic N) is 1. The van der Waals surface area contributed by atoms with Crippen LogP contribution in [0.3, 0.4) is 0 Å². The molecule has 0 unspecified atom stereocenters. The van der Waals surface area contributed by atoms with Crippen LogP contribution in [0.25, 0.3) is 0 Å². The molecule has 0 amide bonds. The van der Waals surface area contributed by atoms with Gasteiger partial charge >= 0.3 is 0 Å². The lowest BCUT2D eigenvalue weighted by Gasteiger charge is -2.30. The smallest absolute Gasteiger partial charge is 0.0643 e. The van der Waals surface area contributed by atoms with E-state index in [9.17, 15) is 0 Å². The third-order valence-electron chi connectivity index (χ3n) is 4.07. The molecule has 2 aliphatic rings. The van der Waals surface area contributed by atoms with Crippen molar-refractivity contribution in [2.75, 3.05) is 11.4 Å². The van der Waals surface area contributed by atoms with Crippen molar-refractivity contribution in [3.63, 3.8) is 0 Å². The van der Waals surface area contributed by atoms with E-state index < -0.39 is 0 Å². The second-order valence-electron chi connectivity index (χ2n) is 6.68. The minimum atomic E-state index is 0.663. The highest BCUT2D eigenvalue weighted by Crippen LogP contribution is 2.38. The molecular formula is C17H25ClN2. The standard InChI is InChI=1S/C17H25ClN2/c1-12(2)11-20(15-8-9-15)17-13(4-3-5-16(17)18)10-19-14-6-7-14/h3-5,12,14-15,19H,6-11H2,1-2H3. The fourth-order valence-electron chi connectivity index (χ4n) is 2.77. The third-order valence-corrected chi connectivity index (χ3v) is 4.37. The highest BCUT2D eigenvalue weighted by Gasteiger charge is 2.32. The number of hydrogen-bond acceptors (Lipinski definition) is 2. The van der Waals surface area contributed by atoms with Gasteiger partial charge in [-0.15, -0.1) is 0 Å². The van der Waals surface area contributed by atoms with Gasteiger partial charge in [-0.05, 0) is 43.2 Å². The molecule has 1 aromatic carbocycles. The molecule has 2 fully saturated rings. The maximum atomic E-state index is 6.54. The van der Waals surface area contributed by atoms with Gasteiger partial charge < -0.3 is 10.2 Å². The Morgan fingerprint density at radius 3 is 2.60 bits per heavy atom. The molecule has 2 aliphatic carbocycles. The molecule has 3 heteroatoms. The second-order valence-corrected chi connectivity index (χ2v) is 7.09. The van der Waals surface area contributed by atoms with E-state index in [4.69, 9.17) is 11.6 Å². The van der Waals surface area contributed by atoms with Gasteiger partial charge in [0.15, 0.2) is 0 Å². The number of halogens is 1. The molecule has 0 bridgehead atoms. The molecule has 0 heterocycles. The molecule has 0 aliphatic heterocycles. The van der Waals surface area contributed by atoms with Crippen LogP contribution in [0.4, 0.5) is 5.69 Å². The number of anilines is 1. The Morgan fingerprint density at radius 1 is 1.25 bits per heavy atom.